The Hall–Kier alpha value is -2.12. The molecule has 29 heavy (non-hydrogen) atoms. The van der Waals surface area contributed by atoms with Crippen molar-refractivity contribution >= 4 is 11.3 Å². The van der Waals surface area contributed by atoms with Crippen LogP contribution in [0.2, 0.25) is 0 Å². The molecule has 0 amide bonds. The average Bonchev–Trinajstić information content (AvgIpc) is 3.27. The van der Waals surface area contributed by atoms with Crippen molar-refractivity contribution in [2.45, 2.75) is 50.8 Å². The summed E-state index contributed by atoms with van der Waals surface area (Å²) in [7, 11) is 0. The number of aliphatic hydroxyl groups is 1. The number of aliphatic hydroxyl groups excluding tert-OH is 1. The Morgan fingerprint density at radius 2 is 2.07 bits per heavy atom. The number of aromatic nitrogens is 1. The van der Waals surface area contributed by atoms with Crippen LogP contribution < -0.4 is 0 Å². The van der Waals surface area contributed by atoms with E-state index in [1.807, 2.05) is 13.1 Å². The summed E-state index contributed by atoms with van der Waals surface area (Å²) in [5, 5.41) is 11.3. The lowest BCUT2D eigenvalue weighted by molar-refractivity contribution is -0.295. The smallest absolute Gasteiger partial charge is 0.198 e. The van der Waals surface area contributed by atoms with Gasteiger partial charge in [-0.15, -0.1) is 11.3 Å². The molecule has 1 fully saturated rings. The Kier molecular flexibility index (Phi) is 4.75. The van der Waals surface area contributed by atoms with Crippen LogP contribution >= 0.6 is 11.3 Å². The van der Waals surface area contributed by atoms with E-state index in [4.69, 9.17) is 9.47 Å². The van der Waals surface area contributed by atoms with Crippen LogP contribution in [0.5, 0.6) is 0 Å². The van der Waals surface area contributed by atoms with Crippen LogP contribution in [-0.2, 0) is 28.3 Å². The molecule has 1 aromatic heterocycles. The Labute approximate surface area is 173 Å². The Bertz CT molecular complexity index is 1020. The number of benzene rings is 2. The van der Waals surface area contributed by atoms with Crippen molar-refractivity contribution in [1.82, 2.24) is 4.98 Å². The minimum Gasteiger partial charge on any atom is -0.393 e. The Balaban J connectivity index is 1.40. The van der Waals surface area contributed by atoms with Crippen molar-refractivity contribution in [3.63, 3.8) is 0 Å². The van der Waals surface area contributed by atoms with Crippen LogP contribution in [-0.4, -0.2) is 22.3 Å². The predicted octanol–water partition coefficient (Wildman–Crippen LogP) is 4.78. The highest BCUT2D eigenvalue weighted by molar-refractivity contribution is 7.15. The summed E-state index contributed by atoms with van der Waals surface area (Å²) in [6.07, 6.45) is 3.16. The fourth-order valence-electron chi connectivity index (χ4n) is 4.26. The van der Waals surface area contributed by atoms with Gasteiger partial charge < -0.3 is 14.6 Å². The number of halogens is 1. The van der Waals surface area contributed by atoms with E-state index in [1.54, 1.807) is 23.5 Å². The number of thiazole rings is 1. The number of rotatable bonds is 3. The lowest BCUT2D eigenvalue weighted by Crippen LogP contribution is -2.43. The first-order valence-electron chi connectivity index (χ1n) is 9.83. The second-order valence-electron chi connectivity index (χ2n) is 7.86. The van der Waals surface area contributed by atoms with E-state index >= 15 is 0 Å². The van der Waals surface area contributed by atoms with Crippen molar-refractivity contribution < 1.29 is 19.0 Å². The fourth-order valence-corrected chi connectivity index (χ4v) is 5.22. The molecule has 3 heterocycles. The summed E-state index contributed by atoms with van der Waals surface area (Å²) in [5.74, 6) is -1.08. The van der Waals surface area contributed by atoms with Gasteiger partial charge in [0.2, 0.25) is 0 Å². The van der Waals surface area contributed by atoms with Crippen LogP contribution in [0.15, 0.2) is 48.7 Å². The van der Waals surface area contributed by atoms with Gasteiger partial charge in [0.15, 0.2) is 5.79 Å². The van der Waals surface area contributed by atoms with Gasteiger partial charge in [-0.05, 0) is 48.2 Å². The topological polar surface area (TPSA) is 51.6 Å². The quantitative estimate of drug-likeness (QED) is 0.674. The first kappa shape index (κ1) is 18.9. The molecule has 0 bridgehead atoms. The molecule has 150 valence electrons. The Morgan fingerprint density at radius 3 is 2.86 bits per heavy atom. The van der Waals surface area contributed by atoms with Gasteiger partial charge in [0.25, 0.3) is 0 Å². The number of hydrogen-bond donors (Lipinski definition) is 1. The predicted molar refractivity (Wildman–Crippen MR) is 109 cm³/mol. The highest BCUT2D eigenvalue weighted by Gasteiger charge is 2.47. The summed E-state index contributed by atoms with van der Waals surface area (Å²) in [5.41, 5.74) is 4.23. The second-order valence-corrected chi connectivity index (χ2v) is 8.97. The molecule has 2 aromatic carbocycles. The molecule has 2 unspecified atom stereocenters. The van der Waals surface area contributed by atoms with Crippen LogP contribution in [0.3, 0.4) is 0 Å². The van der Waals surface area contributed by atoms with E-state index < -0.39 is 11.9 Å². The van der Waals surface area contributed by atoms with Crippen molar-refractivity contribution in [3.8, 4) is 10.4 Å². The zero-order valence-electron chi connectivity index (χ0n) is 16.1. The zero-order valence-corrected chi connectivity index (χ0v) is 16.9. The molecule has 0 aliphatic carbocycles. The van der Waals surface area contributed by atoms with Gasteiger partial charge in [-0.2, -0.15) is 0 Å². The summed E-state index contributed by atoms with van der Waals surface area (Å²) >= 11 is 1.61. The molecule has 5 rings (SSSR count). The third-order valence-corrected chi connectivity index (χ3v) is 6.63. The molecule has 0 radical (unpaired) electrons. The van der Waals surface area contributed by atoms with Gasteiger partial charge in [-0.25, -0.2) is 9.37 Å². The lowest BCUT2D eigenvalue weighted by Gasteiger charge is -2.39. The van der Waals surface area contributed by atoms with E-state index in [0.717, 1.165) is 32.1 Å². The van der Waals surface area contributed by atoms with Gasteiger partial charge >= 0.3 is 0 Å². The fraction of sp³-hybridized carbons (Fsp3) is 0.348. The monoisotopic (exact) mass is 411 g/mol. The average molecular weight is 411 g/mol. The van der Waals surface area contributed by atoms with Crippen LogP contribution in [0, 0.1) is 5.82 Å². The SMILES string of the molecule is CC1CC(O)C[C@@]2(OCc3ccc(Cc4ncc(-c5ccc(F)cc5)s4)cc32)O1. The molecule has 1 N–H and O–H groups in total. The third kappa shape index (κ3) is 3.62. The largest absolute Gasteiger partial charge is 0.393 e. The summed E-state index contributed by atoms with van der Waals surface area (Å²) in [6.45, 7) is 2.48. The van der Waals surface area contributed by atoms with Crippen molar-refractivity contribution in [2.75, 3.05) is 0 Å². The van der Waals surface area contributed by atoms with Gasteiger partial charge in [0.05, 0.1) is 28.7 Å². The molecule has 3 atom stereocenters. The number of hydrogen-bond acceptors (Lipinski definition) is 5. The first-order chi connectivity index (χ1) is 14.0. The molecule has 3 aromatic rings. The van der Waals surface area contributed by atoms with E-state index in [2.05, 4.69) is 23.2 Å². The number of ether oxygens (including phenoxy) is 2. The summed E-state index contributed by atoms with van der Waals surface area (Å²) in [4.78, 5) is 5.58. The highest BCUT2D eigenvalue weighted by Crippen LogP contribution is 2.45. The van der Waals surface area contributed by atoms with Crippen LogP contribution in [0.4, 0.5) is 4.39 Å². The first-order valence-corrected chi connectivity index (χ1v) is 10.7. The van der Waals surface area contributed by atoms with E-state index in [0.29, 0.717) is 25.9 Å². The van der Waals surface area contributed by atoms with Gasteiger partial charge in [0, 0.05) is 24.6 Å². The molecule has 6 heteroatoms. The molecular formula is C23H22FNO3S. The number of nitrogens with zero attached hydrogens (tertiary/aromatic N) is 1. The van der Waals surface area contributed by atoms with Crippen LogP contribution in [0.1, 0.15) is 41.5 Å². The molecule has 2 aliphatic rings. The van der Waals surface area contributed by atoms with Crippen LogP contribution in [0.25, 0.3) is 10.4 Å². The standard InChI is InChI=1S/C23H22FNO3S/c1-14-8-19(26)11-23(28-14)20-9-15(2-3-17(20)13-27-23)10-22-25-12-21(29-22)16-4-6-18(24)7-5-16/h2-7,9,12,14,19,26H,8,10-11,13H2,1H3/t14?,19?,23-/m1/s1. The molecular weight excluding hydrogens is 389 g/mol. The van der Waals surface area contributed by atoms with E-state index in [9.17, 15) is 9.50 Å². The minimum atomic E-state index is -0.843. The van der Waals surface area contributed by atoms with Crippen molar-refractivity contribution in [2.24, 2.45) is 0 Å². The number of fused-ring (bicyclic) bond motifs is 2. The molecule has 1 saturated heterocycles. The van der Waals surface area contributed by atoms with Gasteiger partial charge in [-0.3, -0.25) is 0 Å². The molecule has 1 spiro atoms. The normalized spacial score (nSPS) is 26.0. The summed E-state index contributed by atoms with van der Waals surface area (Å²) in [6, 6.07) is 12.8. The minimum absolute atomic E-state index is 0.0504. The van der Waals surface area contributed by atoms with Crippen molar-refractivity contribution in [1.29, 1.82) is 0 Å². The maximum Gasteiger partial charge on any atom is 0.198 e. The molecule has 4 nitrogen and oxygen atoms in total. The lowest BCUT2D eigenvalue weighted by atomic mass is 9.90. The maximum absolute atomic E-state index is 13.2. The zero-order chi connectivity index (χ0) is 20.0. The maximum atomic E-state index is 13.2. The third-order valence-electron chi connectivity index (χ3n) is 5.58. The molecule has 2 aliphatic heterocycles. The van der Waals surface area contributed by atoms with E-state index in [1.165, 1.54) is 12.1 Å². The summed E-state index contributed by atoms with van der Waals surface area (Å²) < 4.78 is 25.4. The Morgan fingerprint density at radius 1 is 1.24 bits per heavy atom. The van der Waals surface area contributed by atoms with Gasteiger partial charge in [0.1, 0.15) is 5.82 Å². The highest BCUT2D eigenvalue weighted by atomic mass is 32.1. The second kappa shape index (κ2) is 7.29. The van der Waals surface area contributed by atoms with E-state index in [-0.39, 0.29) is 11.9 Å². The van der Waals surface area contributed by atoms with Crippen molar-refractivity contribution in [3.05, 3.63) is 76.2 Å². The van der Waals surface area contributed by atoms with Gasteiger partial charge in [-0.1, -0.05) is 24.3 Å². The molecule has 0 saturated carbocycles.